The zero-order valence-corrected chi connectivity index (χ0v) is 17.4. The number of ether oxygens (including phenoxy) is 1. The monoisotopic (exact) mass is 409 g/mol. The van der Waals surface area contributed by atoms with E-state index in [0.717, 1.165) is 5.69 Å². The van der Waals surface area contributed by atoms with Crippen LogP contribution in [0, 0.1) is 0 Å². The van der Waals surface area contributed by atoms with Gasteiger partial charge in [0.05, 0.1) is 18.7 Å². The van der Waals surface area contributed by atoms with Gasteiger partial charge in [0, 0.05) is 37.4 Å². The van der Waals surface area contributed by atoms with Crippen LogP contribution in [0.1, 0.15) is 34.6 Å². The van der Waals surface area contributed by atoms with Crippen LogP contribution in [-0.4, -0.2) is 61.8 Å². The molecule has 0 radical (unpaired) electrons. The maximum Gasteiger partial charge on any atom is 0.255 e. The predicted octanol–water partition coefficient (Wildman–Crippen LogP) is 2.37. The number of carbonyl (C=O) groups is 3. The molecular formula is C23H27N3O4. The fourth-order valence-electron chi connectivity index (χ4n) is 3.42. The van der Waals surface area contributed by atoms with E-state index in [4.69, 9.17) is 4.74 Å². The summed E-state index contributed by atoms with van der Waals surface area (Å²) in [6, 6.07) is 14.5. The average Bonchev–Trinajstić information content (AvgIpc) is 2.78. The van der Waals surface area contributed by atoms with Crippen LogP contribution in [0.15, 0.2) is 48.5 Å². The number of nitrogens with zero attached hydrogens (tertiary/aromatic N) is 2. The first-order valence-corrected chi connectivity index (χ1v) is 10.1. The van der Waals surface area contributed by atoms with Crippen LogP contribution >= 0.6 is 0 Å². The van der Waals surface area contributed by atoms with Gasteiger partial charge in [-0.1, -0.05) is 12.1 Å². The van der Waals surface area contributed by atoms with E-state index in [1.54, 1.807) is 36.1 Å². The number of ketones is 1. The van der Waals surface area contributed by atoms with Crippen molar-refractivity contribution in [2.45, 2.75) is 13.8 Å². The van der Waals surface area contributed by atoms with Crippen molar-refractivity contribution in [2.24, 2.45) is 0 Å². The number of amides is 2. The average molecular weight is 409 g/mol. The Kier molecular flexibility index (Phi) is 7.06. The predicted molar refractivity (Wildman–Crippen MR) is 115 cm³/mol. The smallest absolute Gasteiger partial charge is 0.255 e. The van der Waals surface area contributed by atoms with Gasteiger partial charge < -0.3 is 19.9 Å². The van der Waals surface area contributed by atoms with Gasteiger partial charge in [0.1, 0.15) is 5.75 Å². The molecule has 0 aromatic heterocycles. The molecule has 2 aromatic rings. The Balaban J connectivity index is 1.50. The molecule has 0 unspecified atom stereocenters. The first-order chi connectivity index (χ1) is 14.5. The maximum atomic E-state index is 12.5. The molecule has 0 aliphatic carbocycles. The van der Waals surface area contributed by atoms with Gasteiger partial charge in [0.15, 0.2) is 5.78 Å². The lowest BCUT2D eigenvalue weighted by atomic mass is 10.1. The third-order valence-electron chi connectivity index (χ3n) is 5.10. The van der Waals surface area contributed by atoms with E-state index in [2.05, 4.69) is 10.2 Å². The SMILES string of the molecule is CCOc1ccccc1C(=O)NCC(=O)N1CCN(c2ccc(C(C)=O)cc2)CC1. The van der Waals surface area contributed by atoms with Gasteiger partial charge in [-0.15, -0.1) is 0 Å². The minimum Gasteiger partial charge on any atom is -0.493 e. The summed E-state index contributed by atoms with van der Waals surface area (Å²) in [5.41, 5.74) is 2.15. The first kappa shape index (κ1) is 21.4. The Morgan fingerprint density at radius 1 is 0.967 bits per heavy atom. The molecule has 1 fully saturated rings. The molecule has 1 saturated heterocycles. The van der Waals surface area contributed by atoms with Gasteiger partial charge in [0.25, 0.3) is 5.91 Å². The Hall–Kier alpha value is -3.35. The van der Waals surface area contributed by atoms with Crippen LogP contribution in [0.2, 0.25) is 0 Å². The molecule has 2 amide bonds. The van der Waals surface area contributed by atoms with Gasteiger partial charge in [-0.3, -0.25) is 14.4 Å². The number of para-hydroxylation sites is 1. The highest BCUT2D eigenvalue weighted by Crippen LogP contribution is 2.19. The second kappa shape index (κ2) is 9.91. The van der Waals surface area contributed by atoms with Gasteiger partial charge in [-0.25, -0.2) is 0 Å². The molecule has 7 nitrogen and oxygen atoms in total. The Bertz CT molecular complexity index is 903. The van der Waals surface area contributed by atoms with Crippen LogP contribution in [0.5, 0.6) is 5.75 Å². The maximum absolute atomic E-state index is 12.5. The summed E-state index contributed by atoms with van der Waals surface area (Å²) in [6.07, 6.45) is 0. The zero-order valence-electron chi connectivity index (χ0n) is 17.4. The van der Waals surface area contributed by atoms with E-state index in [9.17, 15) is 14.4 Å². The van der Waals surface area contributed by atoms with Gasteiger partial charge in [-0.05, 0) is 50.2 Å². The second-order valence-corrected chi connectivity index (χ2v) is 7.08. The van der Waals surface area contributed by atoms with Crippen LogP contribution in [0.4, 0.5) is 5.69 Å². The number of benzene rings is 2. The number of hydrogen-bond donors (Lipinski definition) is 1. The van der Waals surface area contributed by atoms with Crippen molar-refractivity contribution in [3.05, 3.63) is 59.7 Å². The molecular weight excluding hydrogens is 382 g/mol. The van der Waals surface area contributed by atoms with Gasteiger partial charge in [-0.2, -0.15) is 0 Å². The quantitative estimate of drug-likeness (QED) is 0.711. The molecule has 0 spiro atoms. The minimum atomic E-state index is -0.323. The van der Waals surface area contributed by atoms with Crippen LogP contribution in [0.25, 0.3) is 0 Å². The number of rotatable bonds is 7. The van der Waals surface area contributed by atoms with Crippen molar-refractivity contribution in [2.75, 3.05) is 44.2 Å². The highest BCUT2D eigenvalue weighted by atomic mass is 16.5. The number of anilines is 1. The summed E-state index contributed by atoms with van der Waals surface area (Å²) in [5.74, 6) is 0.123. The van der Waals surface area contributed by atoms with Crippen molar-refractivity contribution in [1.82, 2.24) is 10.2 Å². The van der Waals surface area contributed by atoms with Crippen LogP contribution < -0.4 is 15.0 Å². The molecule has 0 bridgehead atoms. The fraction of sp³-hybridized carbons (Fsp3) is 0.348. The zero-order chi connectivity index (χ0) is 21.5. The van der Waals surface area contributed by atoms with E-state index in [1.807, 2.05) is 31.2 Å². The summed E-state index contributed by atoms with van der Waals surface area (Å²) in [7, 11) is 0. The molecule has 2 aromatic carbocycles. The fourth-order valence-corrected chi connectivity index (χ4v) is 3.42. The van der Waals surface area contributed by atoms with Crippen LogP contribution in [0.3, 0.4) is 0 Å². The Morgan fingerprint density at radius 3 is 2.27 bits per heavy atom. The molecule has 0 atom stereocenters. The van der Waals surface area contributed by atoms with Crippen molar-refractivity contribution >= 4 is 23.3 Å². The molecule has 7 heteroatoms. The van der Waals surface area contributed by atoms with Crippen LogP contribution in [-0.2, 0) is 4.79 Å². The summed E-state index contributed by atoms with van der Waals surface area (Å²) >= 11 is 0. The van der Waals surface area contributed by atoms with Crippen molar-refractivity contribution in [3.8, 4) is 5.75 Å². The minimum absolute atomic E-state index is 0.0443. The van der Waals surface area contributed by atoms with Gasteiger partial charge in [0.2, 0.25) is 5.91 Å². The lowest BCUT2D eigenvalue weighted by molar-refractivity contribution is -0.130. The topological polar surface area (TPSA) is 79.0 Å². The third kappa shape index (κ3) is 5.17. The lowest BCUT2D eigenvalue weighted by Crippen LogP contribution is -2.51. The molecule has 1 heterocycles. The number of carbonyl (C=O) groups excluding carboxylic acids is 3. The van der Waals surface area contributed by atoms with E-state index in [1.165, 1.54) is 0 Å². The van der Waals surface area contributed by atoms with E-state index >= 15 is 0 Å². The third-order valence-corrected chi connectivity index (χ3v) is 5.10. The number of piperazine rings is 1. The standard InChI is InChI=1S/C23H27N3O4/c1-3-30-21-7-5-4-6-20(21)23(29)24-16-22(28)26-14-12-25(13-15-26)19-10-8-18(9-11-19)17(2)27/h4-11H,3,12-16H2,1-2H3,(H,24,29). The number of Topliss-reactive ketones (excluding diaryl/α,β-unsaturated/α-hetero) is 1. The molecule has 0 saturated carbocycles. The Morgan fingerprint density at radius 2 is 1.63 bits per heavy atom. The van der Waals surface area contributed by atoms with E-state index in [0.29, 0.717) is 49.7 Å². The van der Waals surface area contributed by atoms with E-state index < -0.39 is 0 Å². The molecule has 1 aliphatic rings. The summed E-state index contributed by atoms with van der Waals surface area (Å²) < 4.78 is 5.48. The molecule has 1 aliphatic heterocycles. The number of nitrogens with one attached hydrogen (secondary N) is 1. The summed E-state index contributed by atoms with van der Waals surface area (Å²) in [4.78, 5) is 40.3. The van der Waals surface area contributed by atoms with Gasteiger partial charge >= 0.3 is 0 Å². The summed E-state index contributed by atoms with van der Waals surface area (Å²) in [6.45, 7) is 6.39. The second-order valence-electron chi connectivity index (χ2n) is 7.08. The highest BCUT2D eigenvalue weighted by molar-refractivity contribution is 5.98. The largest absolute Gasteiger partial charge is 0.493 e. The first-order valence-electron chi connectivity index (χ1n) is 10.1. The number of hydrogen-bond acceptors (Lipinski definition) is 5. The molecule has 3 rings (SSSR count). The Labute approximate surface area is 176 Å². The van der Waals surface area contributed by atoms with Crippen molar-refractivity contribution in [3.63, 3.8) is 0 Å². The summed E-state index contributed by atoms with van der Waals surface area (Å²) in [5, 5.41) is 2.70. The van der Waals surface area contributed by atoms with Crippen molar-refractivity contribution in [1.29, 1.82) is 0 Å². The van der Waals surface area contributed by atoms with Crippen molar-refractivity contribution < 1.29 is 19.1 Å². The normalized spacial score (nSPS) is 13.7. The molecule has 158 valence electrons. The lowest BCUT2D eigenvalue weighted by Gasteiger charge is -2.36. The highest BCUT2D eigenvalue weighted by Gasteiger charge is 2.22. The van der Waals surface area contributed by atoms with E-state index in [-0.39, 0.29) is 24.1 Å². The molecule has 30 heavy (non-hydrogen) atoms. The molecule has 1 N–H and O–H groups in total.